The molecule has 0 fully saturated rings. The molecule has 0 saturated carbocycles. The van der Waals surface area contributed by atoms with Gasteiger partial charge in [0.05, 0.1) is 3.57 Å². The molecule has 0 radical (unpaired) electrons. The van der Waals surface area contributed by atoms with E-state index in [1.807, 2.05) is 29.5 Å². The van der Waals surface area contributed by atoms with Gasteiger partial charge >= 0.3 is 0 Å². The lowest BCUT2D eigenvalue weighted by Crippen LogP contribution is -2.10. The van der Waals surface area contributed by atoms with Gasteiger partial charge in [-0.2, -0.15) is 0 Å². The van der Waals surface area contributed by atoms with Crippen LogP contribution in [0.2, 0.25) is 0 Å². The lowest BCUT2D eigenvalue weighted by atomic mass is 10.2. The summed E-state index contributed by atoms with van der Waals surface area (Å²) in [6, 6.07) is 4.39. The third kappa shape index (κ3) is 3.72. The Hall–Kier alpha value is -1.09. The summed E-state index contributed by atoms with van der Waals surface area (Å²) in [5, 5.41) is 0.424. The summed E-state index contributed by atoms with van der Waals surface area (Å²) in [7, 11) is 0. The number of halogens is 2. The second kappa shape index (κ2) is 6.57. The largest absolute Gasteiger partial charge is 0.398 e. The third-order valence-electron chi connectivity index (χ3n) is 2.54. The number of hydrogen-bond donors (Lipinski definition) is 2. The number of aromatic nitrogens is 2. The number of anilines is 1. The summed E-state index contributed by atoms with van der Waals surface area (Å²) >= 11 is 3.04. The Morgan fingerprint density at radius 3 is 2.90 bits per heavy atom. The molecule has 0 aliphatic rings. The van der Waals surface area contributed by atoms with E-state index in [0.717, 1.165) is 30.3 Å². The average molecular weight is 405 g/mol. The van der Waals surface area contributed by atoms with Gasteiger partial charge in [0.25, 0.3) is 5.56 Å². The first kappa shape index (κ1) is 15.3. The lowest BCUT2D eigenvalue weighted by molar-refractivity contribution is 0.617. The van der Waals surface area contributed by atoms with E-state index in [1.54, 1.807) is 6.07 Å². The van der Waals surface area contributed by atoms with E-state index in [4.69, 9.17) is 5.73 Å². The van der Waals surface area contributed by atoms with Crippen molar-refractivity contribution in [2.45, 2.75) is 29.8 Å². The second-order valence-electron chi connectivity index (χ2n) is 4.20. The van der Waals surface area contributed by atoms with Crippen LogP contribution < -0.4 is 11.3 Å². The molecule has 106 valence electrons. The fraction of sp³-hybridized carbons (Fsp3) is 0.231. The van der Waals surface area contributed by atoms with Crippen molar-refractivity contribution in [3.05, 3.63) is 43.6 Å². The van der Waals surface area contributed by atoms with E-state index in [9.17, 15) is 9.18 Å². The van der Waals surface area contributed by atoms with E-state index >= 15 is 0 Å². The molecule has 3 N–H and O–H groups in total. The van der Waals surface area contributed by atoms with Gasteiger partial charge in [-0.3, -0.25) is 4.79 Å². The number of nitrogen functional groups attached to an aromatic ring is 1. The molecule has 0 unspecified atom stereocenters. The van der Waals surface area contributed by atoms with E-state index < -0.39 is 0 Å². The van der Waals surface area contributed by atoms with Crippen molar-refractivity contribution in [1.29, 1.82) is 0 Å². The van der Waals surface area contributed by atoms with Crippen molar-refractivity contribution in [2.75, 3.05) is 5.73 Å². The maximum atomic E-state index is 13.6. The lowest BCUT2D eigenvalue weighted by Gasteiger charge is -2.07. The maximum absolute atomic E-state index is 13.6. The summed E-state index contributed by atoms with van der Waals surface area (Å²) in [4.78, 5) is 19.1. The minimum absolute atomic E-state index is 0.212. The van der Waals surface area contributed by atoms with Crippen molar-refractivity contribution in [1.82, 2.24) is 9.97 Å². The Labute approximate surface area is 133 Å². The summed E-state index contributed by atoms with van der Waals surface area (Å²) < 4.78 is 14.0. The molecule has 0 atom stereocenters. The molecule has 0 spiro atoms. The number of benzene rings is 1. The van der Waals surface area contributed by atoms with E-state index in [-0.39, 0.29) is 11.4 Å². The Morgan fingerprint density at radius 2 is 2.20 bits per heavy atom. The fourth-order valence-electron chi connectivity index (χ4n) is 1.65. The van der Waals surface area contributed by atoms with Gasteiger partial charge in [-0.15, -0.1) is 0 Å². The van der Waals surface area contributed by atoms with Crippen LogP contribution in [0.3, 0.4) is 0 Å². The summed E-state index contributed by atoms with van der Waals surface area (Å²) in [5.41, 5.74) is 6.84. The van der Waals surface area contributed by atoms with E-state index in [2.05, 4.69) is 9.97 Å². The number of aromatic amines is 1. The highest BCUT2D eigenvalue weighted by atomic mass is 127. The molecule has 4 nitrogen and oxygen atoms in total. The Balaban J connectivity index is 2.34. The van der Waals surface area contributed by atoms with Gasteiger partial charge in [-0.1, -0.05) is 13.3 Å². The van der Waals surface area contributed by atoms with Gasteiger partial charge in [-0.25, -0.2) is 9.37 Å². The number of nitrogens with zero attached hydrogens (tertiary/aromatic N) is 1. The van der Waals surface area contributed by atoms with Crippen LogP contribution in [0.1, 0.15) is 19.0 Å². The SMILES string of the molecule is CCCc1cc(=O)[nH]c(Sc2cc(F)c(I)cc2N)n1. The van der Waals surface area contributed by atoms with Crippen molar-refractivity contribution in [2.24, 2.45) is 0 Å². The molecule has 0 amide bonds. The molecule has 1 heterocycles. The normalized spacial score (nSPS) is 10.8. The van der Waals surface area contributed by atoms with Crippen LogP contribution in [0.4, 0.5) is 10.1 Å². The molecule has 2 rings (SSSR count). The van der Waals surface area contributed by atoms with Crippen molar-refractivity contribution < 1.29 is 4.39 Å². The summed E-state index contributed by atoms with van der Waals surface area (Å²) in [5.74, 6) is -0.339. The molecule has 7 heteroatoms. The first-order valence-electron chi connectivity index (χ1n) is 6.02. The number of aryl methyl sites for hydroxylation is 1. The first-order chi connectivity index (χ1) is 9.49. The zero-order chi connectivity index (χ0) is 14.7. The minimum atomic E-state index is -0.339. The van der Waals surface area contributed by atoms with Crippen LogP contribution in [-0.4, -0.2) is 9.97 Å². The highest BCUT2D eigenvalue weighted by molar-refractivity contribution is 14.1. The standard InChI is InChI=1S/C13H13FIN3OS/c1-2-3-7-4-12(19)18-13(17-7)20-11-5-8(14)9(15)6-10(11)16/h4-6H,2-3,16H2,1H3,(H,17,18,19). The van der Waals surface area contributed by atoms with E-state index in [0.29, 0.717) is 19.3 Å². The molecule has 0 bridgehead atoms. The molecular weight excluding hydrogens is 392 g/mol. The van der Waals surface area contributed by atoms with Gasteiger partial charge in [0.15, 0.2) is 5.16 Å². The van der Waals surface area contributed by atoms with Crippen molar-refractivity contribution >= 4 is 40.0 Å². The van der Waals surface area contributed by atoms with Gasteiger partial charge in [-0.05, 0) is 52.9 Å². The molecule has 1 aromatic heterocycles. The van der Waals surface area contributed by atoms with Gasteiger partial charge in [0.2, 0.25) is 0 Å². The molecule has 20 heavy (non-hydrogen) atoms. The zero-order valence-electron chi connectivity index (χ0n) is 10.7. The topological polar surface area (TPSA) is 71.8 Å². The summed E-state index contributed by atoms with van der Waals surface area (Å²) in [6.45, 7) is 2.02. The van der Waals surface area contributed by atoms with Gasteiger partial charge in [0, 0.05) is 22.3 Å². The predicted molar refractivity (Wildman–Crippen MR) is 86.5 cm³/mol. The molecule has 0 aliphatic heterocycles. The van der Waals surface area contributed by atoms with Crippen LogP contribution in [0.15, 0.2) is 33.0 Å². The molecule has 0 aliphatic carbocycles. The second-order valence-corrected chi connectivity index (χ2v) is 6.39. The van der Waals surface area contributed by atoms with Crippen LogP contribution in [0.25, 0.3) is 0 Å². The molecule has 0 saturated heterocycles. The minimum Gasteiger partial charge on any atom is -0.398 e. The highest BCUT2D eigenvalue weighted by Gasteiger charge is 2.10. The van der Waals surface area contributed by atoms with Crippen LogP contribution in [-0.2, 0) is 6.42 Å². The average Bonchev–Trinajstić information content (AvgIpc) is 2.35. The monoisotopic (exact) mass is 405 g/mol. The summed E-state index contributed by atoms with van der Waals surface area (Å²) in [6.07, 6.45) is 1.63. The number of H-pyrrole nitrogens is 1. The Bertz CT molecular complexity index is 690. The number of rotatable bonds is 4. The van der Waals surface area contributed by atoms with Crippen molar-refractivity contribution in [3.63, 3.8) is 0 Å². The smallest absolute Gasteiger partial charge is 0.251 e. The molecule has 2 aromatic rings. The number of hydrogen-bond acceptors (Lipinski definition) is 4. The quantitative estimate of drug-likeness (QED) is 0.466. The van der Waals surface area contributed by atoms with Gasteiger partial charge in [0.1, 0.15) is 5.82 Å². The van der Waals surface area contributed by atoms with Crippen molar-refractivity contribution in [3.8, 4) is 0 Å². The van der Waals surface area contributed by atoms with Crippen LogP contribution in [0, 0.1) is 9.39 Å². The fourth-order valence-corrected chi connectivity index (χ4v) is 3.01. The number of nitrogens with two attached hydrogens (primary N) is 1. The molecule has 1 aromatic carbocycles. The van der Waals surface area contributed by atoms with E-state index in [1.165, 1.54) is 12.1 Å². The Kier molecular flexibility index (Phi) is 5.03. The van der Waals surface area contributed by atoms with Crippen LogP contribution >= 0.6 is 34.4 Å². The predicted octanol–water partition coefficient (Wildman–Crippen LogP) is 3.20. The molecular formula is C13H13FIN3OS. The Morgan fingerprint density at radius 1 is 1.45 bits per heavy atom. The number of nitrogens with one attached hydrogen (secondary N) is 1. The zero-order valence-corrected chi connectivity index (χ0v) is 13.7. The van der Waals surface area contributed by atoms with Gasteiger partial charge < -0.3 is 10.7 Å². The third-order valence-corrected chi connectivity index (χ3v) is 4.33. The maximum Gasteiger partial charge on any atom is 0.251 e. The highest BCUT2D eigenvalue weighted by Crippen LogP contribution is 2.31. The van der Waals surface area contributed by atoms with Crippen LogP contribution in [0.5, 0.6) is 0 Å². The first-order valence-corrected chi connectivity index (χ1v) is 7.91.